The van der Waals surface area contributed by atoms with Crippen LogP contribution in [0.2, 0.25) is 5.15 Å². The van der Waals surface area contributed by atoms with Crippen LogP contribution in [0.15, 0.2) is 24.4 Å². The maximum atomic E-state index is 12.9. The number of hydrogen-bond donors (Lipinski definition) is 0. The second kappa shape index (κ2) is 3.86. The summed E-state index contributed by atoms with van der Waals surface area (Å²) >= 11 is 5.58. The van der Waals surface area contributed by atoms with Gasteiger partial charge in [-0.05, 0) is 18.2 Å². The van der Waals surface area contributed by atoms with Crippen molar-refractivity contribution in [3.63, 3.8) is 0 Å². The number of aromatic nitrogens is 3. The van der Waals surface area contributed by atoms with E-state index in [4.69, 9.17) is 11.6 Å². The fourth-order valence-corrected chi connectivity index (χ4v) is 1.16. The van der Waals surface area contributed by atoms with Crippen molar-refractivity contribution in [2.45, 2.75) is 0 Å². The summed E-state index contributed by atoms with van der Waals surface area (Å²) < 4.78 is 25.5. The van der Waals surface area contributed by atoms with Gasteiger partial charge in [0, 0.05) is 5.56 Å². The zero-order chi connectivity index (χ0) is 10.8. The molecule has 0 unspecified atom stereocenters. The van der Waals surface area contributed by atoms with Crippen LogP contribution < -0.4 is 0 Å². The van der Waals surface area contributed by atoms with Gasteiger partial charge in [0.1, 0.15) is 0 Å². The molecule has 0 N–H and O–H groups in total. The Labute approximate surface area is 88.8 Å². The number of nitrogens with zero attached hydrogens (tertiary/aromatic N) is 3. The van der Waals surface area contributed by atoms with Crippen molar-refractivity contribution in [2.24, 2.45) is 0 Å². The molecule has 76 valence electrons. The van der Waals surface area contributed by atoms with Gasteiger partial charge in [0.05, 0.1) is 6.20 Å². The minimum atomic E-state index is -0.962. The highest BCUT2D eigenvalue weighted by molar-refractivity contribution is 6.29. The van der Waals surface area contributed by atoms with Crippen molar-refractivity contribution in [3.05, 3.63) is 41.2 Å². The molecule has 0 saturated carbocycles. The lowest BCUT2D eigenvalue weighted by molar-refractivity contribution is 0.509. The Bertz CT molecular complexity index is 504. The third kappa shape index (κ3) is 2.07. The third-order valence-corrected chi connectivity index (χ3v) is 1.89. The Kier molecular flexibility index (Phi) is 2.55. The van der Waals surface area contributed by atoms with Crippen LogP contribution in [0.4, 0.5) is 8.78 Å². The van der Waals surface area contributed by atoms with Crippen LogP contribution in [-0.4, -0.2) is 15.2 Å². The van der Waals surface area contributed by atoms with Gasteiger partial charge in [-0.1, -0.05) is 11.6 Å². The molecule has 2 rings (SSSR count). The predicted octanol–water partition coefficient (Wildman–Crippen LogP) is 2.47. The molecule has 0 radical (unpaired) electrons. The third-order valence-electron chi connectivity index (χ3n) is 1.71. The van der Waals surface area contributed by atoms with E-state index in [2.05, 4.69) is 15.2 Å². The minimum Gasteiger partial charge on any atom is -0.213 e. The first-order valence-electron chi connectivity index (χ1n) is 3.97. The van der Waals surface area contributed by atoms with E-state index in [-0.39, 0.29) is 11.0 Å². The second-order valence-corrected chi connectivity index (χ2v) is 3.12. The molecule has 2 aromatic rings. The van der Waals surface area contributed by atoms with Gasteiger partial charge in [0.25, 0.3) is 0 Å². The lowest BCUT2D eigenvalue weighted by Crippen LogP contribution is -1.93. The maximum absolute atomic E-state index is 12.9. The highest BCUT2D eigenvalue weighted by atomic mass is 35.5. The highest BCUT2D eigenvalue weighted by Crippen LogP contribution is 2.18. The van der Waals surface area contributed by atoms with Crippen molar-refractivity contribution < 1.29 is 8.78 Å². The van der Waals surface area contributed by atoms with E-state index in [1.165, 1.54) is 12.3 Å². The van der Waals surface area contributed by atoms with E-state index in [0.717, 1.165) is 12.1 Å². The Balaban J connectivity index is 2.50. The zero-order valence-electron chi connectivity index (χ0n) is 7.28. The number of benzene rings is 1. The molecule has 1 heterocycles. The monoisotopic (exact) mass is 227 g/mol. The molecule has 0 fully saturated rings. The SMILES string of the molecule is Fc1ccc(-c2nncc(Cl)n2)cc1F. The molecule has 0 aliphatic heterocycles. The van der Waals surface area contributed by atoms with Gasteiger partial charge in [-0.25, -0.2) is 13.8 Å². The average molecular weight is 228 g/mol. The van der Waals surface area contributed by atoms with Gasteiger partial charge in [-0.15, -0.1) is 5.10 Å². The molecule has 0 amide bonds. The van der Waals surface area contributed by atoms with Crippen molar-refractivity contribution in [3.8, 4) is 11.4 Å². The zero-order valence-corrected chi connectivity index (χ0v) is 8.04. The normalized spacial score (nSPS) is 10.3. The van der Waals surface area contributed by atoms with E-state index in [9.17, 15) is 8.78 Å². The summed E-state index contributed by atoms with van der Waals surface area (Å²) in [6.45, 7) is 0. The Hall–Kier alpha value is -1.62. The molecule has 0 saturated heterocycles. The maximum Gasteiger partial charge on any atom is 0.183 e. The summed E-state index contributed by atoms with van der Waals surface area (Å²) in [6.07, 6.45) is 1.25. The summed E-state index contributed by atoms with van der Waals surface area (Å²) in [6, 6.07) is 3.34. The lowest BCUT2D eigenvalue weighted by Gasteiger charge is -1.99. The van der Waals surface area contributed by atoms with E-state index in [1.807, 2.05) is 0 Å². The molecule has 0 bridgehead atoms. The topological polar surface area (TPSA) is 38.7 Å². The molecule has 0 atom stereocenters. The fourth-order valence-electron chi connectivity index (χ4n) is 1.04. The smallest absolute Gasteiger partial charge is 0.183 e. The minimum absolute atomic E-state index is 0.143. The van der Waals surface area contributed by atoms with E-state index >= 15 is 0 Å². The molecular weight excluding hydrogens is 224 g/mol. The highest BCUT2D eigenvalue weighted by Gasteiger charge is 2.07. The summed E-state index contributed by atoms with van der Waals surface area (Å²) in [4.78, 5) is 3.82. The summed E-state index contributed by atoms with van der Waals surface area (Å²) in [7, 11) is 0. The Morgan fingerprint density at radius 2 is 1.93 bits per heavy atom. The van der Waals surface area contributed by atoms with Crippen LogP contribution in [0, 0.1) is 11.6 Å². The van der Waals surface area contributed by atoms with Crippen LogP contribution in [0.3, 0.4) is 0 Å². The standard InChI is InChI=1S/C9H4ClF2N3/c10-8-4-13-15-9(14-8)5-1-2-6(11)7(12)3-5/h1-4H. The molecular formula is C9H4ClF2N3. The van der Waals surface area contributed by atoms with Gasteiger partial charge in [0.2, 0.25) is 0 Å². The van der Waals surface area contributed by atoms with E-state index < -0.39 is 11.6 Å². The fraction of sp³-hybridized carbons (Fsp3) is 0. The lowest BCUT2D eigenvalue weighted by atomic mass is 10.2. The van der Waals surface area contributed by atoms with Crippen molar-refractivity contribution in [2.75, 3.05) is 0 Å². The Morgan fingerprint density at radius 3 is 2.60 bits per heavy atom. The van der Waals surface area contributed by atoms with E-state index in [1.54, 1.807) is 0 Å². The van der Waals surface area contributed by atoms with Gasteiger partial charge < -0.3 is 0 Å². The molecule has 0 aliphatic rings. The number of rotatable bonds is 1. The molecule has 1 aromatic carbocycles. The van der Waals surface area contributed by atoms with Gasteiger partial charge in [-0.3, -0.25) is 0 Å². The van der Waals surface area contributed by atoms with Gasteiger partial charge >= 0.3 is 0 Å². The van der Waals surface area contributed by atoms with Crippen LogP contribution in [0.1, 0.15) is 0 Å². The predicted molar refractivity (Wildman–Crippen MR) is 50.2 cm³/mol. The second-order valence-electron chi connectivity index (χ2n) is 2.73. The van der Waals surface area contributed by atoms with Crippen LogP contribution in [0.25, 0.3) is 11.4 Å². The quantitative estimate of drug-likeness (QED) is 0.751. The Morgan fingerprint density at radius 1 is 1.13 bits per heavy atom. The van der Waals surface area contributed by atoms with Crippen LogP contribution in [0.5, 0.6) is 0 Å². The molecule has 3 nitrogen and oxygen atoms in total. The molecule has 1 aromatic heterocycles. The molecule has 6 heteroatoms. The van der Waals surface area contributed by atoms with E-state index in [0.29, 0.717) is 5.56 Å². The summed E-state index contributed by atoms with van der Waals surface area (Å²) in [5.74, 6) is -1.73. The molecule has 0 spiro atoms. The molecule has 0 aliphatic carbocycles. The van der Waals surface area contributed by atoms with Crippen LogP contribution >= 0.6 is 11.6 Å². The number of halogens is 3. The van der Waals surface area contributed by atoms with Gasteiger partial charge in [-0.2, -0.15) is 5.10 Å². The summed E-state index contributed by atoms with van der Waals surface area (Å²) in [5, 5.41) is 7.34. The largest absolute Gasteiger partial charge is 0.213 e. The van der Waals surface area contributed by atoms with Gasteiger partial charge in [0.15, 0.2) is 22.6 Å². The van der Waals surface area contributed by atoms with Crippen molar-refractivity contribution >= 4 is 11.6 Å². The first-order chi connectivity index (χ1) is 7.16. The number of hydrogen-bond acceptors (Lipinski definition) is 3. The van der Waals surface area contributed by atoms with Crippen molar-refractivity contribution in [1.82, 2.24) is 15.2 Å². The summed E-state index contributed by atoms with van der Waals surface area (Å²) in [5.41, 5.74) is 0.323. The van der Waals surface area contributed by atoms with Crippen LogP contribution in [-0.2, 0) is 0 Å². The first-order valence-corrected chi connectivity index (χ1v) is 4.35. The average Bonchev–Trinajstić information content (AvgIpc) is 2.22. The first kappa shape index (κ1) is 9.92. The van der Waals surface area contributed by atoms with Crippen molar-refractivity contribution in [1.29, 1.82) is 0 Å². The molecule has 15 heavy (non-hydrogen) atoms.